The van der Waals surface area contributed by atoms with E-state index in [1.807, 2.05) is 6.92 Å². The minimum Gasteiger partial charge on any atom is -0.324 e. The lowest BCUT2D eigenvalue weighted by Crippen LogP contribution is -2.16. The number of hydrogen-bond acceptors (Lipinski definition) is 6. The maximum Gasteiger partial charge on any atom is 0.264 e. The molecule has 112 valence electrons. The average molecular weight is 307 g/mol. The van der Waals surface area contributed by atoms with Crippen LogP contribution in [0.25, 0.3) is 0 Å². The molecule has 1 unspecified atom stereocenters. The molecule has 0 saturated heterocycles. The fourth-order valence-corrected chi connectivity index (χ4v) is 2.57. The van der Waals surface area contributed by atoms with Gasteiger partial charge in [-0.1, -0.05) is 12.1 Å². The average Bonchev–Trinajstić information content (AvgIpc) is 2.43. The van der Waals surface area contributed by atoms with E-state index in [1.165, 1.54) is 12.1 Å². The number of aromatic nitrogens is 3. The molecule has 1 atom stereocenters. The molecule has 1 aromatic heterocycles. The molecule has 1 aromatic carbocycles. The summed E-state index contributed by atoms with van der Waals surface area (Å²) in [5, 5.41) is 7.56. The van der Waals surface area contributed by atoms with Gasteiger partial charge in [-0.2, -0.15) is 5.10 Å². The van der Waals surface area contributed by atoms with Gasteiger partial charge < -0.3 is 5.73 Å². The van der Waals surface area contributed by atoms with Crippen LogP contribution < -0.4 is 10.5 Å². The largest absolute Gasteiger partial charge is 0.324 e. The molecule has 1 heterocycles. The Morgan fingerprint density at radius 1 is 1.10 bits per heavy atom. The van der Waals surface area contributed by atoms with Crippen molar-refractivity contribution in [3.05, 3.63) is 41.2 Å². The van der Waals surface area contributed by atoms with Crippen molar-refractivity contribution < 1.29 is 8.42 Å². The number of rotatable bonds is 4. The van der Waals surface area contributed by atoms with Crippen molar-refractivity contribution in [1.82, 2.24) is 15.2 Å². The summed E-state index contributed by atoms with van der Waals surface area (Å²) in [7, 11) is -3.74. The molecule has 2 aromatic rings. The van der Waals surface area contributed by atoms with Gasteiger partial charge in [-0.05, 0) is 38.5 Å². The van der Waals surface area contributed by atoms with Crippen molar-refractivity contribution in [2.45, 2.75) is 31.7 Å². The van der Waals surface area contributed by atoms with E-state index in [9.17, 15) is 8.42 Å². The lowest BCUT2D eigenvalue weighted by atomic mass is 10.1. The lowest BCUT2D eigenvalue weighted by Gasteiger charge is -2.09. The minimum atomic E-state index is -3.74. The zero-order valence-corrected chi connectivity index (χ0v) is 12.8. The van der Waals surface area contributed by atoms with Crippen molar-refractivity contribution in [2.75, 3.05) is 4.72 Å². The van der Waals surface area contributed by atoms with E-state index in [0.29, 0.717) is 11.4 Å². The Balaban J connectivity index is 2.27. The van der Waals surface area contributed by atoms with Crippen LogP contribution in [0.2, 0.25) is 0 Å². The molecule has 21 heavy (non-hydrogen) atoms. The normalized spacial score (nSPS) is 13.0. The van der Waals surface area contributed by atoms with E-state index in [1.54, 1.807) is 26.0 Å². The van der Waals surface area contributed by atoms with E-state index in [-0.39, 0.29) is 16.9 Å². The Hall–Kier alpha value is -2.06. The second-order valence-corrected chi connectivity index (χ2v) is 6.45. The molecule has 0 spiro atoms. The third-order valence-corrected chi connectivity index (χ3v) is 4.38. The molecule has 7 nitrogen and oxygen atoms in total. The predicted molar refractivity (Wildman–Crippen MR) is 79.2 cm³/mol. The van der Waals surface area contributed by atoms with Gasteiger partial charge in [0, 0.05) is 6.04 Å². The standard InChI is InChI=1S/C13H17N5O2S/c1-8(14)11-4-6-12(7-5-11)21(19,20)18-13-15-9(2)10(3)16-17-13/h4-8H,14H2,1-3H3,(H,15,17,18). The van der Waals surface area contributed by atoms with Crippen LogP contribution in [0, 0.1) is 13.8 Å². The van der Waals surface area contributed by atoms with Crippen LogP contribution in [0.4, 0.5) is 5.95 Å². The van der Waals surface area contributed by atoms with Crippen molar-refractivity contribution in [1.29, 1.82) is 0 Å². The van der Waals surface area contributed by atoms with Gasteiger partial charge >= 0.3 is 0 Å². The van der Waals surface area contributed by atoms with Gasteiger partial charge in [0.25, 0.3) is 16.0 Å². The number of hydrogen-bond donors (Lipinski definition) is 2. The van der Waals surface area contributed by atoms with Crippen molar-refractivity contribution in [3.8, 4) is 0 Å². The summed E-state index contributed by atoms with van der Waals surface area (Å²) in [5.41, 5.74) is 7.87. The summed E-state index contributed by atoms with van der Waals surface area (Å²) in [6.07, 6.45) is 0. The monoisotopic (exact) mass is 307 g/mol. The Morgan fingerprint density at radius 3 is 2.24 bits per heavy atom. The number of nitrogens with two attached hydrogens (primary N) is 1. The van der Waals surface area contributed by atoms with Crippen LogP contribution in [0.5, 0.6) is 0 Å². The maximum absolute atomic E-state index is 12.2. The number of nitrogens with one attached hydrogen (secondary N) is 1. The first-order valence-corrected chi connectivity index (χ1v) is 7.84. The van der Waals surface area contributed by atoms with Crippen LogP contribution in [-0.4, -0.2) is 23.6 Å². The summed E-state index contributed by atoms with van der Waals surface area (Å²) in [4.78, 5) is 4.16. The molecule has 3 N–H and O–H groups in total. The highest BCUT2D eigenvalue weighted by Gasteiger charge is 2.16. The van der Waals surface area contributed by atoms with Crippen LogP contribution in [0.1, 0.15) is 29.9 Å². The molecule has 0 aliphatic rings. The first-order valence-electron chi connectivity index (χ1n) is 6.36. The van der Waals surface area contributed by atoms with E-state index in [0.717, 1.165) is 5.56 Å². The third-order valence-electron chi connectivity index (χ3n) is 3.03. The van der Waals surface area contributed by atoms with E-state index in [4.69, 9.17) is 5.73 Å². The Morgan fingerprint density at radius 2 is 1.71 bits per heavy atom. The van der Waals surface area contributed by atoms with Gasteiger partial charge in [0.1, 0.15) is 0 Å². The maximum atomic E-state index is 12.2. The van der Waals surface area contributed by atoms with E-state index < -0.39 is 10.0 Å². The molecular weight excluding hydrogens is 290 g/mol. The Bertz CT molecular complexity index is 742. The summed E-state index contributed by atoms with van der Waals surface area (Å²) in [6.45, 7) is 5.32. The second kappa shape index (κ2) is 5.74. The predicted octanol–water partition coefficient (Wildman–Crippen LogP) is 1.31. The SMILES string of the molecule is Cc1nnc(NS(=O)(=O)c2ccc(C(C)N)cc2)nc1C. The summed E-state index contributed by atoms with van der Waals surface area (Å²) in [6, 6.07) is 6.20. The minimum absolute atomic E-state index is 0.0469. The molecule has 8 heteroatoms. The molecule has 0 bridgehead atoms. The lowest BCUT2D eigenvalue weighted by molar-refractivity contribution is 0.600. The molecule has 0 amide bonds. The zero-order valence-electron chi connectivity index (χ0n) is 12.0. The molecule has 2 rings (SSSR count). The molecule has 0 radical (unpaired) electrons. The molecule has 0 fully saturated rings. The Kier molecular flexibility index (Phi) is 4.19. The fraction of sp³-hybridized carbons (Fsp3) is 0.308. The summed E-state index contributed by atoms with van der Waals surface area (Å²) in [5.74, 6) is -0.0469. The van der Waals surface area contributed by atoms with Crippen molar-refractivity contribution >= 4 is 16.0 Å². The van der Waals surface area contributed by atoms with Gasteiger partial charge in [-0.15, -0.1) is 5.10 Å². The molecular formula is C13H17N5O2S. The van der Waals surface area contributed by atoms with Crippen LogP contribution in [-0.2, 0) is 10.0 Å². The van der Waals surface area contributed by atoms with E-state index in [2.05, 4.69) is 19.9 Å². The van der Waals surface area contributed by atoms with Crippen molar-refractivity contribution in [3.63, 3.8) is 0 Å². The fourth-order valence-electron chi connectivity index (χ4n) is 1.63. The van der Waals surface area contributed by atoms with Crippen molar-refractivity contribution in [2.24, 2.45) is 5.73 Å². The number of benzene rings is 1. The molecule has 0 saturated carbocycles. The second-order valence-electron chi connectivity index (χ2n) is 4.77. The topological polar surface area (TPSA) is 111 Å². The highest BCUT2D eigenvalue weighted by Crippen LogP contribution is 2.16. The van der Waals surface area contributed by atoms with Crippen LogP contribution in [0.15, 0.2) is 29.2 Å². The van der Waals surface area contributed by atoms with Gasteiger partial charge in [0.15, 0.2) is 0 Å². The number of anilines is 1. The van der Waals surface area contributed by atoms with Gasteiger partial charge in [-0.3, -0.25) is 0 Å². The summed E-state index contributed by atoms with van der Waals surface area (Å²) < 4.78 is 26.8. The van der Waals surface area contributed by atoms with Gasteiger partial charge in [-0.25, -0.2) is 18.1 Å². The number of nitrogens with zero attached hydrogens (tertiary/aromatic N) is 3. The number of aryl methyl sites for hydroxylation is 2. The first-order chi connectivity index (χ1) is 9.79. The molecule has 0 aliphatic carbocycles. The summed E-state index contributed by atoms with van der Waals surface area (Å²) >= 11 is 0. The first kappa shape index (κ1) is 15.3. The van der Waals surface area contributed by atoms with Crippen LogP contribution in [0.3, 0.4) is 0 Å². The highest BCUT2D eigenvalue weighted by atomic mass is 32.2. The van der Waals surface area contributed by atoms with Crippen LogP contribution >= 0.6 is 0 Å². The zero-order chi connectivity index (χ0) is 15.6. The quantitative estimate of drug-likeness (QED) is 0.881. The van der Waals surface area contributed by atoms with Gasteiger partial charge in [0.2, 0.25) is 0 Å². The van der Waals surface area contributed by atoms with E-state index >= 15 is 0 Å². The third kappa shape index (κ3) is 3.53. The van der Waals surface area contributed by atoms with Gasteiger partial charge in [0.05, 0.1) is 16.3 Å². The molecule has 0 aliphatic heterocycles. The number of sulfonamides is 1. The smallest absolute Gasteiger partial charge is 0.264 e. The highest BCUT2D eigenvalue weighted by molar-refractivity contribution is 7.92. The Labute approximate surface area is 123 Å².